The first-order chi connectivity index (χ1) is 11.7. The van der Waals surface area contributed by atoms with Gasteiger partial charge in [-0.1, -0.05) is 6.07 Å². The van der Waals surface area contributed by atoms with Gasteiger partial charge in [-0.3, -0.25) is 4.99 Å². The second kappa shape index (κ2) is 8.12. The molecule has 8 heteroatoms. The Morgan fingerprint density at radius 2 is 2.00 bits per heavy atom. The molecule has 0 amide bonds. The van der Waals surface area contributed by atoms with Crippen LogP contribution in [0.2, 0.25) is 0 Å². The number of nitrogens with zero attached hydrogens (tertiary/aromatic N) is 1. The summed E-state index contributed by atoms with van der Waals surface area (Å²) in [4.78, 5) is 4.46. The molecule has 5 nitrogen and oxygen atoms in total. The lowest BCUT2D eigenvalue weighted by molar-refractivity contribution is 0.546. The van der Waals surface area contributed by atoms with E-state index in [9.17, 15) is 17.2 Å². The lowest BCUT2D eigenvalue weighted by Crippen LogP contribution is -2.42. The van der Waals surface area contributed by atoms with E-state index in [1.165, 1.54) is 12.1 Å². The Morgan fingerprint density at radius 1 is 1.28 bits per heavy atom. The van der Waals surface area contributed by atoms with E-state index in [2.05, 4.69) is 15.6 Å². The molecule has 2 N–H and O–H groups in total. The normalized spacial score (nSPS) is 21.4. The number of guanidine groups is 1. The first-order valence-electron chi connectivity index (χ1n) is 8.39. The number of rotatable bonds is 5. The van der Waals surface area contributed by atoms with Crippen LogP contribution in [0.25, 0.3) is 0 Å². The Hall–Kier alpha value is -1.70. The van der Waals surface area contributed by atoms with Gasteiger partial charge in [0.25, 0.3) is 0 Å². The standard InChI is InChI=1S/C17H25F2N3O2S/c1-11(2)21-17(20-9-13-6-7-25(23,24)10-13)22-12(3)15-5-4-14(18)8-16(15)19/h4-5,8,11-13H,6-7,9-10H2,1-3H3,(H2,20,21,22)/t12-,13?/m1/s1. The molecule has 0 spiro atoms. The van der Waals surface area contributed by atoms with Gasteiger partial charge in [-0.2, -0.15) is 0 Å². The summed E-state index contributed by atoms with van der Waals surface area (Å²) in [5.41, 5.74) is 0.336. The highest BCUT2D eigenvalue weighted by Gasteiger charge is 2.27. The number of benzene rings is 1. The summed E-state index contributed by atoms with van der Waals surface area (Å²) in [6.07, 6.45) is 0.614. The van der Waals surface area contributed by atoms with Gasteiger partial charge in [-0.15, -0.1) is 0 Å². The third-order valence-electron chi connectivity index (χ3n) is 4.04. The third-order valence-corrected chi connectivity index (χ3v) is 5.88. The molecule has 0 aromatic heterocycles. The maximum atomic E-state index is 13.9. The molecular formula is C17H25F2N3O2S. The molecule has 1 heterocycles. The molecular weight excluding hydrogens is 348 g/mol. The van der Waals surface area contributed by atoms with Crippen LogP contribution in [0.4, 0.5) is 8.78 Å². The van der Waals surface area contributed by atoms with E-state index in [4.69, 9.17) is 0 Å². The Bertz CT molecular complexity index is 735. The predicted molar refractivity (Wildman–Crippen MR) is 95.2 cm³/mol. The van der Waals surface area contributed by atoms with Crippen molar-refractivity contribution in [3.63, 3.8) is 0 Å². The van der Waals surface area contributed by atoms with Crippen LogP contribution in [0.5, 0.6) is 0 Å². The second-order valence-corrected chi connectivity index (χ2v) is 9.02. The number of hydrogen-bond donors (Lipinski definition) is 2. The predicted octanol–water partition coefficient (Wildman–Crippen LogP) is 2.40. The molecule has 25 heavy (non-hydrogen) atoms. The maximum absolute atomic E-state index is 13.9. The Balaban J connectivity index is 2.07. The molecule has 1 unspecified atom stereocenters. The largest absolute Gasteiger partial charge is 0.354 e. The summed E-state index contributed by atoms with van der Waals surface area (Å²) in [5.74, 6) is -0.377. The number of aliphatic imine (C=N–C) groups is 1. The van der Waals surface area contributed by atoms with Crippen LogP contribution in [-0.4, -0.2) is 38.5 Å². The second-order valence-electron chi connectivity index (χ2n) is 6.79. The number of nitrogens with one attached hydrogen (secondary N) is 2. The van der Waals surface area contributed by atoms with Crippen molar-refractivity contribution in [2.45, 2.75) is 39.3 Å². The van der Waals surface area contributed by atoms with Gasteiger partial charge in [0, 0.05) is 24.2 Å². The highest BCUT2D eigenvalue weighted by Crippen LogP contribution is 2.19. The first-order valence-corrected chi connectivity index (χ1v) is 10.2. The van der Waals surface area contributed by atoms with Crippen LogP contribution in [0.3, 0.4) is 0 Å². The Morgan fingerprint density at radius 3 is 2.56 bits per heavy atom. The summed E-state index contributed by atoms with van der Waals surface area (Å²) in [7, 11) is -2.94. The fourth-order valence-corrected chi connectivity index (χ4v) is 4.63. The number of halogens is 2. The van der Waals surface area contributed by atoms with Crippen molar-refractivity contribution in [2.75, 3.05) is 18.1 Å². The molecule has 0 radical (unpaired) electrons. The van der Waals surface area contributed by atoms with Crippen molar-refractivity contribution in [3.05, 3.63) is 35.4 Å². The van der Waals surface area contributed by atoms with E-state index < -0.39 is 27.5 Å². The SMILES string of the molecule is CC(C)NC(=NCC1CCS(=O)(=O)C1)N[C@H](C)c1ccc(F)cc1F. The van der Waals surface area contributed by atoms with E-state index in [0.29, 0.717) is 24.5 Å². The lowest BCUT2D eigenvalue weighted by Gasteiger charge is -2.21. The fourth-order valence-electron chi connectivity index (χ4n) is 2.78. The van der Waals surface area contributed by atoms with Crippen LogP contribution in [-0.2, 0) is 9.84 Å². The monoisotopic (exact) mass is 373 g/mol. The van der Waals surface area contributed by atoms with Crippen molar-refractivity contribution in [3.8, 4) is 0 Å². The zero-order valence-corrected chi connectivity index (χ0v) is 15.5. The van der Waals surface area contributed by atoms with Crippen molar-refractivity contribution in [2.24, 2.45) is 10.9 Å². The maximum Gasteiger partial charge on any atom is 0.191 e. The molecule has 1 aliphatic rings. The van der Waals surface area contributed by atoms with E-state index in [-0.39, 0.29) is 23.5 Å². The van der Waals surface area contributed by atoms with Crippen LogP contribution >= 0.6 is 0 Å². The average Bonchev–Trinajstić information content (AvgIpc) is 2.83. The summed E-state index contributed by atoms with van der Waals surface area (Å²) in [5, 5.41) is 6.25. The van der Waals surface area contributed by atoms with Gasteiger partial charge in [0.15, 0.2) is 15.8 Å². The molecule has 2 atom stereocenters. The van der Waals surface area contributed by atoms with Crippen LogP contribution in [0.1, 0.15) is 38.8 Å². The van der Waals surface area contributed by atoms with Crippen LogP contribution in [0.15, 0.2) is 23.2 Å². The molecule has 1 aromatic rings. The van der Waals surface area contributed by atoms with Gasteiger partial charge in [0.05, 0.1) is 17.5 Å². The summed E-state index contributed by atoms with van der Waals surface area (Å²) in [6, 6.07) is 3.15. The van der Waals surface area contributed by atoms with Crippen molar-refractivity contribution in [1.29, 1.82) is 0 Å². The summed E-state index contributed by atoms with van der Waals surface area (Å²) >= 11 is 0. The molecule has 0 bridgehead atoms. The molecule has 1 fully saturated rings. The topological polar surface area (TPSA) is 70.6 Å². The molecule has 1 aromatic carbocycles. The van der Waals surface area contributed by atoms with Crippen LogP contribution < -0.4 is 10.6 Å². The molecule has 2 rings (SSSR count). The van der Waals surface area contributed by atoms with E-state index >= 15 is 0 Å². The van der Waals surface area contributed by atoms with Crippen molar-refractivity contribution < 1.29 is 17.2 Å². The van der Waals surface area contributed by atoms with E-state index in [1.54, 1.807) is 6.92 Å². The zero-order valence-electron chi connectivity index (χ0n) is 14.7. The summed E-state index contributed by atoms with van der Waals surface area (Å²) < 4.78 is 50.1. The van der Waals surface area contributed by atoms with Gasteiger partial charge in [-0.25, -0.2) is 17.2 Å². The van der Waals surface area contributed by atoms with Gasteiger partial charge >= 0.3 is 0 Å². The minimum Gasteiger partial charge on any atom is -0.354 e. The van der Waals surface area contributed by atoms with Crippen LogP contribution in [0, 0.1) is 17.6 Å². The van der Waals surface area contributed by atoms with Gasteiger partial charge in [-0.05, 0) is 39.2 Å². The minimum absolute atomic E-state index is 0.00799. The van der Waals surface area contributed by atoms with E-state index in [0.717, 1.165) is 6.07 Å². The van der Waals surface area contributed by atoms with Gasteiger partial charge in [0.1, 0.15) is 11.6 Å². The lowest BCUT2D eigenvalue weighted by atomic mass is 10.1. The first kappa shape index (κ1) is 19.6. The molecule has 0 aliphatic carbocycles. The smallest absolute Gasteiger partial charge is 0.191 e. The van der Waals surface area contributed by atoms with Crippen molar-refractivity contribution in [1.82, 2.24) is 10.6 Å². The highest BCUT2D eigenvalue weighted by atomic mass is 32.2. The van der Waals surface area contributed by atoms with Crippen molar-refractivity contribution >= 4 is 15.8 Å². The molecule has 1 saturated heterocycles. The average molecular weight is 373 g/mol. The fraction of sp³-hybridized carbons (Fsp3) is 0.588. The number of hydrogen-bond acceptors (Lipinski definition) is 3. The quantitative estimate of drug-likeness (QED) is 0.614. The Labute approximate surface area is 147 Å². The Kier molecular flexibility index (Phi) is 6.37. The molecule has 0 saturated carbocycles. The molecule has 1 aliphatic heterocycles. The molecule has 140 valence electrons. The summed E-state index contributed by atoms with van der Waals surface area (Å²) in [6.45, 7) is 6.04. The third kappa shape index (κ3) is 5.95. The zero-order chi connectivity index (χ0) is 18.6. The number of sulfone groups is 1. The van der Waals surface area contributed by atoms with E-state index in [1.807, 2.05) is 13.8 Å². The van der Waals surface area contributed by atoms with Gasteiger partial charge in [0.2, 0.25) is 0 Å². The minimum atomic E-state index is -2.94. The van der Waals surface area contributed by atoms with Gasteiger partial charge < -0.3 is 10.6 Å². The highest BCUT2D eigenvalue weighted by molar-refractivity contribution is 7.91.